The molecular weight excluding hydrogens is 174 g/mol. The van der Waals surface area contributed by atoms with Crippen LogP contribution in [0.4, 0.5) is 0 Å². The van der Waals surface area contributed by atoms with Crippen molar-refractivity contribution in [2.24, 2.45) is 4.99 Å². The third-order valence-corrected chi connectivity index (χ3v) is 2.65. The lowest BCUT2D eigenvalue weighted by molar-refractivity contribution is 0.351. The number of rotatable bonds is 1. The molecule has 0 spiro atoms. The van der Waals surface area contributed by atoms with Crippen LogP contribution in [0.1, 0.15) is 11.1 Å². The minimum Gasteiger partial charge on any atom is -0.476 e. The maximum atomic E-state index is 5.48. The topological polar surface area (TPSA) is 21.6 Å². The van der Waals surface area contributed by atoms with Gasteiger partial charge in [0.05, 0.1) is 6.54 Å². The maximum absolute atomic E-state index is 5.48. The van der Waals surface area contributed by atoms with Crippen molar-refractivity contribution in [3.8, 4) is 0 Å². The molecule has 14 heavy (non-hydrogen) atoms. The summed E-state index contributed by atoms with van der Waals surface area (Å²) in [6.07, 6.45) is 3.21. The molecule has 1 aromatic rings. The van der Waals surface area contributed by atoms with Crippen LogP contribution in [-0.2, 0) is 11.2 Å². The highest BCUT2D eigenvalue weighted by Gasteiger charge is 2.20. The Bertz CT molecular complexity index is 432. The highest BCUT2D eigenvalue weighted by Crippen LogP contribution is 2.29. The van der Waals surface area contributed by atoms with Gasteiger partial charge in [-0.25, -0.2) is 4.99 Å². The fourth-order valence-electron chi connectivity index (χ4n) is 1.98. The van der Waals surface area contributed by atoms with E-state index in [0.717, 1.165) is 25.5 Å². The molecule has 1 aliphatic carbocycles. The summed E-state index contributed by atoms with van der Waals surface area (Å²) in [5, 5.41) is 0. The molecule has 2 aliphatic rings. The average Bonchev–Trinajstić information content (AvgIpc) is 2.85. The Morgan fingerprint density at radius 1 is 1.21 bits per heavy atom. The predicted molar refractivity (Wildman–Crippen MR) is 56.4 cm³/mol. The Morgan fingerprint density at radius 2 is 2.14 bits per heavy atom. The lowest BCUT2D eigenvalue weighted by Crippen LogP contribution is -2.00. The van der Waals surface area contributed by atoms with Crippen molar-refractivity contribution in [1.82, 2.24) is 0 Å². The van der Waals surface area contributed by atoms with Gasteiger partial charge in [0.15, 0.2) is 0 Å². The number of fused-ring (bicyclic) bond motifs is 1. The van der Waals surface area contributed by atoms with Gasteiger partial charge in [0.2, 0.25) is 5.90 Å². The summed E-state index contributed by atoms with van der Waals surface area (Å²) in [5.41, 5.74) is 3.84. The minimum absolute atomic E-state index is 0.731. The molecule has 0 bridgehead atoms. The molecule has 3 rings (SSSR count). The molecule has 0 N–H and O–H groups in total. The van der Waals surface area contributed by atoms with Crippen LogP contribution < -0.4 is 0 Å². The molecule has 1 heterocycles. The van der Waals surface area contributed by atoms with Gasteiger partial charge in [-0.05, 0) is 17.5 Å². The second kappa shape index (κ2) is 2.98. The Kier molecular flexibility index (Phi) is 1.66. The average molecular weight is 185 g/mol. The molecule has 0 saturated carbocycles. The quantitative estimate of drug-likeness (QED) is 0.656. The second-order valence-corrected chi connectivity index (χ2v) is 3.51. The Labute approximate surface area is 82.9 Å². The summed E-state index contributed by atoms with van der Waals surface area (Å²) in [6, 6.07) is 8.44. The van der Waals surface area contributed by atoms with Crippen LogP contribution in [0.2, 0.25) is 0 Å². The van der Waals surface area contributed by atoms with E-state index in [4.69, 9.17) is 4.74 Å². The summed E-state index contributed by atoms with van der Waals surface area (Å²) < 4.78 is 5.48. The number of allylic oxidation sites excluding steroid dienone is 1. The molecule has 70 valence electrons. The zero-order chi connectivity index (χ0) is 9.38. The van der Waals surface area contributed by atoms with Crippen molar-refractivity contribution in [3.63, 3.8) is 0 Å². The van der Waals surface area contributed by atoms with Crippen molar-refractivity contribution in [1.29, 1.82) is 0 Å². The number of hydrogen-bond donors (Lipinski definition) is 0. The molecular formula is C12H11NO. The molecule has 0 saturated heterocycles. The van der Waals surface area contributed by atoms with E-state index in [1.54, 1.807) is 0 Å². The number of nitrogens with zero attached hydrogens (tertiary/aromatic N) is 1. The van der Waals surface area contributed by atoms with Crippen LogP contribution in [0, 0.1) is 0 Å². The van der Waals surface area contributed by atoms with Gasteiger partial charge in [-0.2, -0.15) is 0 Å². The van der Waals surface area contributed by atoms with Gasteiger partial charge in [-0.3, -0.25) is 0 Å². The van der Waals surface area contributed by atoms with E-state index in [2.05, 4.69) is 35.3 Å². The van der Waals surface area contributed by atoms with Crippen molar-refractivity contribution in [2.75, 3.05) is 13.2 Å². The molecule has 0 fully saturated rings. The fourth-order valence-corrected chi connectivity index (χ4v) is 1.98. The van der Waals surface area contributed by atoms with Crippen molar-refractivity contribution >= 4 is 11.5 Å². The van der Waals surface area contributed by atoms with Crippen molar-refractivity contribution in [2.45, 2.75) is 6.42 Å². The fraction of sp³-hybridized carbons (Fsp3) is 0.250. The Hall–Kier alpha value is -1.57. The van der Waals surface area contributed by atoms with E-state index in [0.29, 0.717) is 0 Å². The smallest absolute Gasteiger partial charge is 0.216 e. The van der Waals surface area contributed by atoms with Crippen LogP contribution in [-0.4, -0.2) is 19.0 Å². The molecule has 1 aromatic carbocycles. The summed E-state index contributed by atoms with van der Waals surface area (Å²) in [5.74, 6) is 0.829. The first-order valence-electron chi connectivity index (χ1n) is 4.91. The zero-order valence-corrected chi connectivity index (χ0v) is 7.86. The van der Waals surface area contributed by atoms with E-state index in [9.17, 15) is 0 Å². The van der Waals surface area contributed by atoms with E-state index in [1.165, 1.54) is 16.7 Å². The molecule has 2 nitrogen and oxygen atoms in total. The van der Waals surface area contributed by atoms with Crippen LogP contribution >= 0.6 is 0 Å². The molecule has 0 radical (unpaired) electrons. The second-order valence-electron chi connectivity index (χ2n) is 3.51. The zero-order valence-electron chi connectivity index (χ0n) is 7.86. The summed E-state index contributed by atoms with van der Waals surface area (Å²) in [4.78, 5) is 4.34. The van der Waals surface area contributed by atoms with E-state index >= 15 is 0 Å². The standard InChI is InChI=1S/C12H11NO/c1-2-4-10-9(3-1)5-6-11(10)12-13-7-8-14-12/h1-4,6H,5,7-8H2. The molecule has 1 aliphatic heterocycles. The van der Waals surface area contributed by atoms with Crippen LogP contribution in [0.3, 0.4) is 0 Å². The van der Waals surface area contributed by atoms with Crippen LogP contribution in [0.15, 0.2) is 35.3 Å². The minimum atomic E-state index is 0.731. The largest absolute Gasteiger partial charge is 0.476 e. The molecule has 0 amide bonds. The van der Waals surface area contributed by atoms with Gasteiger partial charge in [0, 0.05) is 5.57 Å². The first-order chi connectivity index (χ1) is 6.95. The van der Waals surface area contributed by atoms with E-state index in [-0.39, 0.29) is 0 Å². The van der Waals surface area contributed by atoms with Gasteiger partial charge in [0.1, 0.15) is 6.61 Å². The summed E-state index contributed by atoms with van der Waals surface area (Å²) >= 11 is 0. The number of benzene rings is 1. The Balaban J connectivity index is 2.04. The van der Waals surface area contributed by atoms with Crippen molar-refractivity contribution in [3.05, 3.63) is 41.5 Å². The molecule has 2 heteroatoms. The normalized spacial score (nSPS) is 18.6. The van der Waals surface area contributed by atoms with E-state index < -0.39 is 0 Å². The van der Waals surface area contributed by atoms with Gasteiger partial charge in [-0.15, -0.1) is 0 Å². The monoisotopic (exact) mass is 185 g/mol. The van der Waals surface area contributed by atoms with Crippen LogP contribution in [0.5, 0.6) is 0 Å². The van der Waals surface area contributed by atoms with Gasteiger partial charge < -0.3 is 4.74 Å². The molecule has 0 unspecified atom stereocenters. The first kappa shape index (κ1) is 7.80. The van der Waals surface area contributed by atoms with Crippen molar-refractivity contribution < 1.29 is 4.74 Å². The number of ether oxygens (including phenoxy) is 1. The molecule has 0 aromatic heterocycles. The van der Waals surface area contributed by atoms with Gasteiger partial charge in [-0.1, -0.05) is 30.3 Å². The summed E-state index contributed by atoms with van der Waals surface area (Å²) in [7, 11) is 0. The van der Waals surface area contributed by atoms with Gasteiger partial charge >= 0.3 is 0 Å². The highest BCUT2D eigenvalue weighted by molar-refractivity contribution is 6.21. The van der Waals surface area contributed by atoms with Crippen LogP contribution in [0.25, 0.3) is 5.57 Å². The highest BCUT2D eigenvalue weighted by atomic mass is 16.5. The lowest BCUT2D eigenvalue weighted by atomic mass is 10.1. The third-order valence-electron chi connectivity index (χ3n) is 2.65. The Morgan fingerprint density at radius 3 is 3.00 bits per heavy atom. The number of hydrogen-bond acceptors (Lipinski definition) is 2. The molecule has 0 atom stereocenters. The maximum Gasteiger partial charge on any atom is 0.216 e. The SMILES string of the molecule is C1=C(C2=NCCO2)c2ccccc2C1. The lowest BCUT2D eigenvalue weighted by Gasteiger charge is -2.04. The predicted octanol–water partition coefficient (Wildman–Crippen LogP) is 2.05. The third kappa shape index (κ3) is 1.07. The number of aliphatic imine (C=N–C) groups is 1. The van der Waals surface area contributed by atoms with E-state index in [1.807, 2.05) is 0 Å². The van der Waals surface area contributed by atoms with Gasteiger partial charge in [0.25, 0.3) is 0 Å². The summed E-state index contributed by atoms with van der Waals surface area (Å²) in [6.45, 7) is 1.53. The first-order valence-corrected chi connectivity index (χ1v) is 4.91.